The highest BCUT2D eigenvalue weighted by Crippen LogP contribution is 2.25. The van der Waals surface area contributed by atoms with Crippen LogP contribution in [-0.2, 0) is 10.1 Å². The fourth-order valence-corrected chi connectivity index (χ4v) is 2.28. The lowest BCUT2D eigenvalue weighted by molar-refractivity contribution is 0.305. The summed E-state index contributed by atoms with van der Waals surface area (Å²) in [6, 6.07) is 1.76. The van der Waals surface area contributed by atoms with Crippen molar-refractivity contribution in [3.63, 3.8) is 0 Å². The second kappa shape index (κ2) is 6.67. The Hall–Kier alpha value is -0.180. The summed E-state index contributed by atoms with van der Waals surface area (Å²) in [5, 5.41) is 0. The van der Waals surface area contributed by atoms with Gasteiger partial charge in [-0.1, -0.05) is 0 Å². The number of aromatic nitrogens is 1. The minimum Gasteiger partial charge on any atom is -0.491 e. The van der Waals surface area contributed by atoms with Gasteiger partial charge in [-0.2, -0.15) is 8.42 Å². The third-order valence-corrected chi connectivity index (χ3v) is 3.66. The molecule has 0 saturated carbocycles. The van der Waals surface area contributed by atoms with Crippen LogP contribution in [-0.4, -0.2) is 30.3 Å². The van der Waals surface area contributed by atoms with E-state index in [2.05, 4.69) is 36.8 Å². The molecule has 0 aliphatic carbocycles. The van der Waals surface area contributed by atoms with E-state index in [1.54, 1.807) is 12.3 Å². The Kier molecular flexibility index (Phi) is 5.84. The molecule has 1 rings (SSSR count). The maximum Gasteiger partial charge on any atom is 0.264 e. The van der Waals surface area contributed by atoms with Crippen molar-refractivity contribution in [2.24, 2.45) is 0 Å². The summed E-state index contributed by atoms with van der Waals surface area (Å²) in [7, 11) is -3.87. The van der Waals surface area contributed by atoms with Gasteiger partial charge in [0.1, 0.15) is 4.60 Å². The zero-order valence-corrected chi connectivity index (χ0v) is 12.8. The smallest absolute Gasteiger partial charge is 0.264 e. The Balaban J connectivity index is 2.34. The van der Waals surface area contributed by atoms with E-state index < -0.39 is 10.1 Å². The molecule has 1 aromatic heterocycles. The van der Waals surface area contributed by atoms with Crippen LogP contribution in [0.15, 0.2) is 21.3 Å². The molecule has 0 aliphatic rings. The number of hydrogen-bond acceptors (Lipinski definition) is 4. The van der Waals surface area contributed by atoms with Crippen LogP contribution in [0.25, 0.3) is 0 Å². The van der Waals surface area contributed by atoms with E-state index in [-0.39, 0.29) is 5.75 Å². The van der Waals surface area contributed by atoms with Crippen molar-refractivity contribution in [2.75, 3.05) is 12.4 Å². The number of nitrogens with zero attached hydrogens (tertiary/aromatic N) is 1. The standard InChI is InChI=1S/C9H11Br2NO4S/c10-7-5-8(9(11)12-6-7)16-3-1-2-4-17(13,14)15/h5-6H,1-4H2,(H,13,14,15). The summed E-state index contributed by atoms with van der Waals surface area (Å²) in [4.78, 5) is 4.03. The monoisotopic (exact) mass is 387 g/mol. The van der Waals surface area contributed by atoms with Crippen LogP contribution in [0.4, 0.5) is 0 Å². The van der Waals surface area contributed by atoms with Crippen molar-refractivity contribution in [3.05, 3.63) is 21.3 Å². The lowest BCUT2D eigenvalue weighted by Crippen LogP contribution is -2.06. The zero-order chi connectivity index (χ0) is 12.9. The van der Waals surface area contributed by atoms with Crippen molar-refractivity contribution in [1.82, 2.24) is 4.98 Å². The van der Waals surface area contributed by atoms with Gasteiger partial charge in [0.15, 0.2) is 5.75 Å². The van der Waals surface area contributed by atoms with Crippen LogP contribution in [0.2, 0.25) is 0 Å². The summed E-state index contributed by atoms with van der Waals surface area (Å²) in [5.41, 5.74) is 0. The zero-order valence-electron chi connectivity index (χ0n) is 8.77. The summed E-state index contributed by atoms with van der Waals surface area (Å²) in [5.74, 6) is 0.347. The van der Waals surface area contributed by atoms with E-state index in [1.807, 2.05) is 0 Å². The Labute approximate surface area is 117 Å². The molecule has 0 spiro atoms. The average molecular weight is 389 g/mol. The second-order valence-electron chi connectivity index (χ2n) is 3.28. The van der Waals surface area contributed by atoms with Crippen molar-refractivity contribution >= 4 is 42.0 Å². The Morgan fingerprint density at radius 3 is 2.71 bits per heavy atom. The second-order valence-corrected chi connectivity index (χ2v) is 6.52. The Bertz CT molecular complexity index is 478. The largest absolute Gasteiger partial charge is 0.491 e. The highest BCUT2D eigenvalue weighted by Gasteiger charge is 2.05. The molecule has 0 saturated heterocycles. The Morgan fingerprint density at radius 1 is 1.35 bits per heavy atom. The minimum atomic E-state index is -3.87. The molecule has 1 aromatic rings. The molecule has 0 amide bonds. The molecule has 1 heterocycles. The highest BCUT2D eigenvalue weighted by molar-refractivity contribution is 9.11. The Morgan fingerprint density at radius 2 is 2.06 bits per heavy atom. The normalized spacial score (nSPS) is 11.5. The van der Waals surface area contributed by atoms with Crippen LogP contribution in [0.1, 0.15) is 12.8 Å². The van der Waals surface area contributed by atoms with Crippen LogP contribution in [0.5, 0.6) is 5.75 Å². The van der Waals surface area contributed by atoms with E-state index in [0.717, 1.165) is 4.47 Å². The SMILES string of the molecule is O=S(=O)(O)CCCCOc1cc(Br)cnc1Br. The highest BCUT2D eigenvalue weighted by atomic mass is 79.9. The maximum atomic E-state index is 10.5. The number of rotatable bonds is 6. The molecule has 0 atom stereocenters. The molecule has 96 valence electrons. The molecular formula is C9H11Br2NO4S. The van der Waals surface area contributed by atoms with Crippen LogP contribution >= 0.6 is 31.9 Å². The quantitative estimate of drug-likeness (QED) is 0.460. The van der Waals surface area contributed by atoms with Crippen LogP contribution in [0, 0.1) is 0 Å². The summed E-state index contributed by atoms with van der Waals surface area (Å²) in [6.07, 6.45) is 2.53. The van der Waals surface area contributed by atoms with E-state index in [0.29, 0.717) is 29.8 Å². The molecule has 8 heteroatoms. The van der Waals surface area contributed by atoms with Gasteiger partial charge in [-0.25, -0.2) is 4.98 Å². The molecular weight excluding hydrogens is 378 g/mol. The molecule has 17 heavy (non-hydrogen) atoms. The van der Waals surface area contributed by atoms with Gasteiger partial charge in [-0.3, -0.25) is 4.55 Å². The average Bonchev–Trinajstić information content (AvgIpc) is 2.21. The lowest BCUT2D eigenvalue weighted by Gasteiger charge is -2.07. The van der Waals surface area contributed by atoms with Gasteiger partial charge in [-0.15, -0.1) is 0 Å². The number of unbranched alkanes of at least 4 members (excludes halogenated alkanes) is 1. The molecule has 1 N–H and O–H groups in total. The predicted octanol–water partition coefficient (Wildman–Crippen LogP) is 2.65. The van der Waals surface area contributed by atoms with Gasteiger partial charge in [0.25, 0.3) is 10.1 Å². The molecule has 0 fully saturated rings. The van der Waals surface area contributed by atoms with Gasteiger partial charge in [0.05, 0.1) is 12.4 Å². The molecule has 5 nitrogen and oxygen atoms in total. The maximum absolute atomic E-state index is 10.5. The van der Waals surface area contributed by atoms with Gasteiger partial charge in [0.2, 0.25) is 0 Å². The molecule has 0 radical (unpaired) electrons. The third-order valence-electron chi connectivity index (χ3n) is 1.83. The fourth-order valence-electron chi connectivity index (χ4n) is 1.07. The van der Waals surface area contributed by atoms with Crippen molar-refractivity contribution < 1.29 is 17.7 Å². The third kappa shape index (κ3) is 6.35. The summed E-state index contributed by atoms with van der Waals surface area (Å²) < 4.78 is 36.2. The lowest BCUT2D eigenvalue weighted by atomic mass is 10.3. The summed E-state index contributed by atoms with van der Waals surface area (Å²) in [6.45, 7) is 0.367. The molecule has 0 aliphatic heterocycles. The van der Waals surface area contributed by atoms with E-state index in [9.17, 15) is 8.42 Å². The van der Waals surface area contributed by atoms with E-state index >= 15 is 0 Å². The van der Waals surface area contributed by atoms with Crippen molar-refractivity contribution in [2.45, 2.75) is 12.8 Å². The predicted molar refractivity (Wildman–Crippen MR) is 70.8 cm³/mol. The van der Waals surface area contributed by atoms with Crippen LogP contribution in [0.3, 0.4) is 0 Å². The van der Waals surface area contributed by atoms with Gasteiger partial charge in [-0.05, 0) is 50.8 Å². The van der Waals surface area contributed by atoms with Gasteiger partial charge in [0, 0.05) is 10.7 Å². The van der Waals surface area contributed by atoms with Crippen LogP contribution < -0.4 is 4.74 Å². The molecule has 0 bridgehead atoms. The first kappa shape index (κ1) is 14.9. The summed E-state index contributed by atoms with van der Waals surface area (Å²) >= 11 is 6.51. The van der Waals surface area contributed by atoms with Gasteiger partial charge < -0.3 is 4.74 Å². The first-order valence-corrected chi connectivity index (χ1v) is 7.97. The minimum absolute atomic E-state index is 0.242. The topological polar surface area (TPSA) is 76.5 Å². The van der Waals surface area contributed by atoms with E-state index in [1.165, 1.54) is 0 Å². The fraction of sp³-hybridized carbons (Fsp3) is 0.444. The van der Waals surface area contributed by atoms with Crippen molar-refractivity contribution in [1.29, 1.82) is 0 Å². The van der Waals surface area contributed by atoms with Crippen molar-refractivity contribution in [3.8, 4) is 5.75 Å². The molecule has 0 aromatic carbocycles. The molecule has 0 unspecified atom stereocenters. The van der Waals surface area contributed by atoms with E-state index in [4.69, 9.17) is 9.29 Å². The first-order valence-electron chi connectivity index (χ1n) is 4.77. The first-order chi connectivity index (χ1) is 7.88. The number of pyridine rings is 1. The van der Waals surface area contributed by atoms with Gasteiger partial charge >= 0.3 is 0 Å². The number of halogens is 2. The number of ether oxygens (including phenoxy) is 1. The number of hydrogen-bond donors (Lipinski definition) is 1.